The number of carbonyl (C=O) groups excluding carboxylic acids is 1. The van der Waals surface area contributed by atoms with Crippen LogP contribution in [-0.4, -0.2) is 22.9 Å². The number of phenolic OH excluding ortho intramolecular Hbond substituents is 1. The Bertz CT molecular complexity index is 784. The van der Waals surface area contributed by atoms with Crippen LogP contribution in [0.4, 0.5) is 5.69 Å². The number of hydrogen-bond donors (Lipinski definition) is 2. The molecular weight excluding hydrogens is 334 g/mol. The average molecular weight is 344 g/mol. The lowest BCUT2D eigenvalue weighted by atomic mass is 10.1. The first-order chi connectivity index (χ1) is 10.1. The molecule has 1 amide bonds. The maximum absolute atomic E-state index is 11.8. The van der Waals surface area contributed by atoms with Gasteiger partial charge in [0.2, 0.25) is 0 Å². The van der Waals surface area contributed by atoms with Crippen molar-refractivity contribution in [3.05, 3.63) is 58.1 Å². The first-order valence-corrected chi connectivity index (χ1v) is 6.95. The molecule has 2 aromatic carbocycles. The van der Waals surface area contributed by atoms with E-state index in [0.717, 1.165) is 15.7 Å². The van der Waals surface area contributed by atoms with Crippen molar-refractivity contribution in [2.24, 2.45) is 10.2 Å². The van der Waals surface area contributed by atoms with Crippen molar-refractivity contribution in [2.75, 3.05) is 5.32 Å². The zero-order valence-corrected chi connectivity index (χ0v) is 12.3. The Kier molecular flexibility index (Phi) is 3.53. The Hall–Kier alpha value is -2.47. The van der Waals surface area contributed by atoms with Gasteiger partial charge in [-0.15, -0.1) is 5.10 Å². The lowest BCUT2D eigenvalue weighted by molar-refractivity contribution is -0.110. The molecule has 0 aromatic heterocycles. The highest BCUT2D eigenvalue weighted by Gasteiger charge is 2.25. The first-order valence-electron chi connectivity index (χ1n) is 6.15. The number of amides is 1. The number of para-hydroxylation sites is 1. The average Bonchev–Trinajstić information content (AvgIpc) is 2.79. The molecule has 0 saturated heterocycles. The summed E-state index contributed by atoms with van der Waals surface area (Å²) in [5.41, 5.74) is 2.22. The van der Waals surface area contributed by atoms with Gasteiger partial charge in [-0.2, -0.15) is 5.10 Å². The molecule has 0 atom stereocenters. The van der Waals surface area contributed by atoms with Crippen LogP contribution < -0.4 is 5.32 Å². The van der Waals surface area contributed by atoms with Crippen LogP contribution in [0.15, 0.2) is 57.1 Å². The maximum Gasteiger partial charge on any atom is 0.276 e. The molecule has 5 nitrogen and oxygen atoms in total. The highest BCUT2D eigenvalue weighted by atomic mass is 79.9. The summed E-state index contributed by atoms with van der Waals surface area (Å²) < 4.78 is 0.818. The van der Waals surface area contributed by atoms with Gasteiger partial charge >= 0.3 is 0 Å². The summed E-state index contributed by atoms with van der Waals surface area (Å²) in [4.78, 5) is 11.8. The number of carbonyl (C=O) groups is 1. The summed E-state index contributed by atoms with van der Waals surface area (Å²) in [7, 11) is 0. The number of hydrogen-bond acceptors (Lipinski definition) is 4. The van der Waals surface area contributed by atoms with Gasteiger partial charge in [-0.25, -0.2) is 0 Å². The van der Waals surface area contributed by atoms with Crippen molar-refractivity contribution in [1.29, 1.82) is 0 Å². The number of phenols is 1. The van der Waals surface area contributed by atoms with E-state index in [1.165, 1.54) is 6.21 Å². The molecule has 1 aliphatic rings. The number of rotatable bonds is 2. The maximum atomic E-state index is 11.8. The zero-order valence-electron chi connectivity index (χ0n) is 10.7. The fraction of sp³-hybridized carbons (Fsp3) is 0. The molecule has 0 spiro atoms. The molecule has 0 aliphatic carbocycles. The monoisotopic (exact) mass is 343 g/mol. The number of anilines is 1. The normalized spacial score (nSPS) is 15.5. The van der Waals surface area contributed by atoms with Gasteiger partial charge in [-0.1, -0.05) is 34.1 Å². The summed E-state index contributed by atoms with van der Waals surface area (Å²) in [6, 6.07) is 12.3. The number of aromatic hydroxyl groups is 1. The van der Waals surface area contributed by atoms with E-state index in [1.807, 2.05) is 12.1 Å². The number of nitrogens with one attached hydrogen (secondary N) is 1. The van der Waals surface area contributed by atoms with Crippen molar-refractivity contribution in [3.63, 3.8) is 0 Å². The van der Waals surface area contributed by atoms with Crippen molar-refractivity contribution < 1.29 is 9.90 Å². The molecule has 104 valence electrons. The van der Waals surface area contributed by atoms with Crippen molar-refractivity contribution >= 4 is 39.5 Å². The highest BCUT2D eigenvalue weighted by molar-refractivity contribution is 9.10. The molecule has 0 radical (unpaired) electrons. The molecule has 6 heteroatoms. The Morgan fingerprint density at radius 2 is 2.00 bits per heavy atom. The van der Waals surface area contributed by atoms with Crippen LogP contribution in [0.1, 0.15) is 11.1 Å². The molecule has 0 unspecified atom stereocenters. The van der Waals surface area contributed by atoms with Gasteiger partial charge in [-0.3, -0.25) is 4.79 Å². The van der Waals surface area contributed by atoms with E-state index >= 15 is 0 Å². The number of fused-ring (bicyclic) bond motifs is 1. The lowest BCUT2D eigenvalue weighted by Crippen LogP contribution is -2.13. The Labute approximate surface area is 129 Å². The first kappa shape index (κ1) is 13.5. The smallest absolute Gasteiger partial charge is 0.276 e. The van der Waals surface area contributed by atoms with Gasteiger partial charge in [0, 0.05) is 15.6 Å². The van der Waals surface area contributed by atoms with Crippen molar-refractivity contribution in [1.82, 2.24) is 0 Å². The molecule has 1 aliphatic heterocycles. The molecule has 2 aromatic rings. The van der Waals surface area contributed by atoms with Gasteiger partial charge in [0.15, 0.2) is 5.71 Å². The molecule has 2 N–H and O–H groups in total. The molecule has 21 heavy (non-hydrogen) atoms. The standard InChI is InChI=1S/C15H10BrN3O2/c16-10-5-6-13(20)9(7-10)8-17-19-14-11-3-1-2-4-12(11)18-15(14)21/h1-8,20H,(H,18,19,21)/b17-8-. The predicted molar refractivity (Wildman–Crippen MR) is 85.0 cm³/mol. The molecule has 0 fully saturated rings. The van der Waals surface area contributed by atoms with Gasteiger partial charge in [-0.05, 0) is 24.3 Å². The van der Waals surface area contributed by atoms with E-state index in [1.54, 1.807) is 30.3 Å². The third-order valence-corrected chi connectivity index (χ3v) is 3.48. The lowest BCUT2D eigenvalue weighted by Gasteiger charge is -1.98. The van der Waals surface area contributed by atoms with Crippen LogP contribution in [-0.2, 0) is 4.79 Å². The molecular formula is C15H10BrN3O2. The Morgan fingerprint density at radius 1 is 1.19 bits per heavy atom. The summed E-state index contributed by atoms with van der Waals surface area (Å²) >= 11 is 3.31. The van der Waals surface area contributed by atoms with Crippen LogP contribution >= 0.6 is 15.9 Å². The third-order valence-electron chi connectivity index (χ3n) is 2.99. The largest absolute Gasteiger partial charge is 0.507 e. The fourth-order valence-corrected chi connectivity index (χ4v) is 2.36. The van der Waals surface area contributed by atoms with Crippen LogP contribution in [0.3, 0.4) is 0 Å². The van der Waals surface area contributed by atoms with Gasteiger partial charge < -0.3 is 10.4 Å². The summed E-state index contributed by atoms with van der Waals surface area (Å²) in [6.07, 6.45) is 1.40. The van der Waals surface area contributed by atoms with Crippen LogP contribution in [0.25, 0.3) is 0 Å². The van der Waals surface area contributed by atoms with E-state index < -0.39 is 0 Å². The SMILES string of the molecule is O=C1Nc2ccccc2/C1=N/N=C\c1cc(Br)ccc1O. The second-order valence-electron chi connectivity index (χ2n) is 4.40. The minimum absolute atomic E-state index is 0.0958. The fourth-order valence-electron chi connectivity index (χ4n) is 1.98. The van der Waals surface area contributed by atoms with Crippen LogP contribution in [0.2, 0.25) is 0 Å². The zero-order chi connectivity index (χ0) is 14.8. The third kappa shape index (κ3) is 2.71. The molecule has 3 rings (SSSR count). The van der Waals surface area contributed by atoms with E-state index in [0.29, 0.717) is 5.56 Å². The second kappa shape index (κ2) is 5.49. The van der Waals surface area contributed by atoms with Gasteiger partial charge in [0.1, 0.15) is 5.75 Å². The van der Waals surface area contributed by atoms with E-state index in [4.69, 9.17) is 0 Å². The minimum atomic E-state index is -0.285. The van der Waals surface area contributed by atoms with E-state index in [2.05, 4.69) is 31.4 Å². The van der Waals surface area contributed by atoms with Crippen molar-refractivity contribution in [2.45, 2.75) is 0 Å². The number of halogens is 1. The molecule has 1 heterocycles. The van der Waals surface area contributed by atoms with E-state index in [-0.39, 0.29) is 17.4 Å². The number of benzene rings is 2. The van der Waals surface area contributed by atoms with E-state index in [9.17, 15) is 9.90 Å². The van der Waals surface area contributed by atoms with Crippen LogP contribution in [0.5, 0.6) is 5.75 Å². The van der Waals surface area contributed by atoms with Crippen molar-refractivity contribution in [3.8, 4) is 5.75 Å². The summed E-state index contributed by atoms with van der Waals surface area (Å²) in [5, 5.41) is 20.3. The summed E-state index contributed by atoms with van der Waals surface area (Å²) in [6.45, 7) is 0. The Morgan fingerprint density at radius 3 is 2.86 bits per heavy atom. The Balaban J connectivity index is 1.91. The minimum Gasteiger partial charge on any atom is -0.507 e. The topological polar surface area (TPSA) is 74.0 Å². The van der Waals surface area contributed by atoms with Crippen LogP contribution in [0, 0.1) is 0 Å². The molecule has 0 saturated carbocycles. The predicted octanol–water partition coefficient (Wildman–Crippen LogP) is 2.93. The quantitative estimate of drug-likeness (QED) is 0.649. The van der Waals surface area contributed by atoms with Gasteiger partial charge in [0.25, 0.3) is 5.91 Å². The second-order valence-corrected chi connectivity index (χ2v) is 5.31. The molecule has 0 bridgehead atoms. The van der Waals surface area contributed by atoms with Gasteiger partial charge in [0.05, 0.1) is 11.9 Å². The highest BCUT2D eigenvalue weighted by Crippen LogP contribution is 2.23. The summed E-state index contributed by atoms with van der Waals surface area (Å²) in [5.74, 6) is -0.190. The number of nitrogens with zero attached hydrogens (tertiary/aromatic N) is 2.